The maximum atomic E-state index is 11.0. The molecule has 1 aromatic carbocycles. The minimum absolute atomic E-state index is 0.220. The number of carboxylic acids is 1. The van der Waals surface area contributed by atoms with Crippen LogP contribution in [-0.4, -0.2) is 16.1 Å². The van der Waals surface area contributed by atoms with Crippen LogP contribution >= 0.6 is 0 Å². The zero-order valence-electron chi connectivity index (χ0n) is 9.63. The van der Waals surface area contributed by atoms with Crippen molar-refractivity contribution in [3.8, 4) is 11.3 Å². The standard InChI is InChI=1S/C15H11NO2/c17-15(18)12-8-11-6-3-5-10-4-1-2-7-13(10)14(11)16-9-12/h1-4,6-9H,5H2,(H,17,18). The lowest BCUT2D eigenvalue weighted by Gasteiger charge is -2.08. The molecule has 0 saturated carbocycles. The van der Waals surface area contributed by atoms with Crippen LogP contribution in [0.5, 0.6) is 0 Å². The third-order valence-electron chi connectivity index (χ3n) is 3.07. The number of carboxylic acid groups (broad SMARTS) is 1. The largest absolute Gasteiger partial charge is 0.478 e. The van der Waals surface area contributed by atoms with Crippen LogP contribution in [0.3, 0.4) is 0 Å². The number of allylic oxidation sites excluding steroid dienone is 1. The van der Waals surface area contributed by atoms with Crippen LogP contribution in [0, 0.1) is 0 Å². The predicted octanol–water partition coefficient (Wildman–Crippen LogP) is 3.02. The van der Waals surface area contributed by atoms with Gasteiger partial charge in [0, 0.05) is 17.3 Å². The van der Waals surface area contributed by atoms with Crippen molar-refractivity contribution in [3.05, 3.63) is 59.3 Å². The zero-order chi connectivity index (χ0) is 12.5. The molecule has 1 heterocycles. The van der Waals surface area contributed by atoms with Crippen molar-refractivity contribution < 1.29 is 9.90 Å². The number of benzene rings is 1. The maximum Gasteiger partial charge on any atom is 0.337 e. The fourth-order valence-corrected chi connectivity index (χ4v) is 2.19. The second-order valence-electron chi connectivity index (χ2n) is 4.23. The molecule has 3 heteroatoms. The first kappa shape index (κ1) is 10.7. The Morgan fingerprint density at radius 2 is 2.11 bits per heavy atom. The van der Waals surface area contributed by atoms with E-state index in [0.29, 0.717) is 0 Å². The summed E-state index contributed by atoms with van der Waals surface area (Å²) in [6.07, 6.45) is 6.23. The molecule has 0 saturated heterocycles. The Bertz CT molecular complexity index is 659. The van der Waals surface area contributed by atoms with Gasteiger partial charge in [0.25, 0.3) is 0 Å². The highest BCUT2D eigenvalue weighted by Crippen LogP contribution is 2.29. The molecule has 1 aromatic heterocycles. The smallest absolute Gasteiger partial charge is 0.337 e. The van der Waals surface area contributed by atoms with Crippen LogP contribution in [0.15, 0.2) is 42.6 Å². The zero-order valence-corrected chi connectivity index (χ0v) is 9.63. The van der Waals surface area contributed by atoms with E-state index >= 15 is 0 Å². The molecule has 0 aliphatic heterocycles. The van der Waals surface area contributed by atoms with Gasteiger partial charge in [0.1, 0.15) is 0 Å². The number of pyridine rings is 1. The Morgan fingerprint density at radius 1 is 1.28 bits per heavy atom. The van der Waals surface area contributed by atoms with E-state index in [0.717, 1.165) is 23.2 Å². The quantitative estimate of drug-likeness (QED) is 0.829. The van der Waals surface area contributed by atoms with Crippen molar-refractivity contribution in [3.63, 3.8) is 0 Å². The molecule has 1 aliphatic rings. The molecule has 1 N–H and O–H groups in total. The number of aromatic carboxylic acids is 1. The molecule has 0 fully saturated rings. The highest BCUT2D eigenvalue weighted by molar-refractivity contribution is 5.89. The summed E-state index contributed by atoms with van der Waals surface area (Å²) in [5.74, 6) is -0.948. The molecule has 88 valence electrons. The fraction of sp³-hybridized carbons (Fsp3) is 0.0667. The van der Waals surface area contributed by atoms with Gasteiger partial charge in [-0.25, -0.2) is 4.79 Å². The lowest BCUT2D eigenvalue weighted by Crippen LogP contribution is -1.99. The number of nitrogens with zero attached hydrogens (tertiary/aromatic N) is 1. The van der Waals surface area contributed by atoms with Gasteiger partial charge >= 0.3 is 5.97 Å². The van der Waals surface area contributed by atoms with Crippen LogP contribution < -0.4 is 0 Å². The third-order valence-corrected chi connectivity index (χ3v) is 3.07. The Hall–Kier alpha value is -2.42. The van der Waals surface area contributed by atoms with E-state index < -0.39 is 5.97 Å². The second kappa shape index (κ2) is 4.11. The van der Waals surface area contributed by atoms with Crippen LogP contribution in [0.4, 0.5) is 0 Å². The summed E-state index contributed by atoms with van der Waals surface area (Å²) in [7, 11) is 0. The van der Waals surface area contributed by atoms with Gasteiger partial charge in [0.05, 0.1) is 11.3 Å². The van der Waals surface area contributed by atoms with Gasteiger partial charge in [-0.15, -0.1) is 0 Å². The molecule has 2 aromatic rings. The average molecular weight is 237 g/mol. The second-order valence-corrected chi connectivity index (χ2v) is 4.23. The summed E-state index contributed by atoms with van der Waals surface area (Å²) < 4.78 is 0. The van der Waals surface area contributed by atoms with Gasteiger partial charge in [-0.1, -0.05) is 36.4 Å². The summed E-state index contributed by atoms with van der Waals surface area (Å²) in [6.45, 7) is 0. The highest BCUT2D eigenvalue weighted by atomic mass is 16.4. The molecule has 0 amide bonds. The summed E-state index contributed by atoms with van der Waals surface area (Å²) in [5.41, 5.74) is 4.22. The summed E-state index contributed by atoms with van der Waals surface area (Å²) in [4.78, 5) is 15.3. The van der Waals surface area contributed by atoms with E-state index in [9.17, 15) is 4.79 Å². The molecule has 3 nitrogen and oxygen atoms in total. The Labute approximate surface area is 104 Å². The molecule has 0 radical (unpaired) electrons. The Balaban J connectivity index is 2.24. The topological polar surface area (TPSA) is 50.2 Å². The number of fused-ring (bicyclic) bond motifs is 3. The summed E-state index contributed by atoms with van der Waals surface area (Å²) in [6, 6.07) is 9.74. The van der Waals surface area contributed by atoms with Crippen LogP contribution in [0.25, 0.3) is 17.3 Å². The van der Waals surface area contributed by atoms with Gasteiger partial charge in [-0.05, 0) is 18.1 Å². The van der Waals surface area contributed by atoms with Crippen LogP contribution in [0.1, 0.15) is 21.5 Å². The molecular weight excluding hydrogens is 226 g/mol. The van der Waals surface area contributed by atoms with E-state index in [2.05, 4.69) is 11.1 Å². The van der Waals surface area contributed by atoms with Gasteiger partial charge in [0.2, 0.25) is 0 Å². The average Bonchev–Trinajstić information content (AvgIpc) is 2.57. The number of aromatic nitrogens is 1. The van der Waals surface area contributed by atoms with Crippen molar-refractivity contribution in [1.29, 1.82) is 0 Å². The van der Waals surface area contributed by atoms with Gasteiger partial charge < -0.3 is 5.11 Å². The van der Waals surface area contributed by atoms with Crippen molar-refractivity contribution in [2.24, 2.45) is 0 Å². The lowest BCUT2D eigenvalue weighted by molar-refractivity contribution is 0.0696. The number of carbonyl (C=O) groups is 1. The first-order valence-corrected chi connectivity index (χ1v) is 5.74. The summed E-state index contributed by atoms with van der Waals surface area (Å²) in [5, 5.41) is 8.99. The molecule has 1 aliphatic carbocycles. The minimum Gasteiger partial charge on any atom is -0.478 e. The first-order chi connectivity index (χ1) is 8.75. The molecule has 0 atom stereocenters. The number of hydrogen-bond donors (Lipinski definition) is 1. The van der Waals surface area contributed by atoms with Crippen molar-refractivity contribution in [1.82, 2.24) is 4.98 Å². The van der Waals surface area contributed by atoms with Gasteiger partial charge in [-0.2, -0.15) is 0 Å². The Morgan fingerprint density at radius 3 is 2.94 bits per heavy atom. The fourth-order valence-electron chi connectivity index (χ4n) is 2.19. The predicted molar refractivity (Wildman–Crippen MR) is 69.4 cm³/mol. The van der Waals surface area contributed by atoms with Crippen molar-refractivity contribution in [2.75, 3.05) is 0 Å². The summed E-state index contributed by atoms with van der Waals surface area (Å²) >= 11 is 0. The van der Waals surface area contributed by atoms with E-state index in [4.69, 9.17) is 5.11 Å². The van der Waals surface area contributed by atoms with E-state index in [-0.39, 0.29) is 5.56 Å². The lowest BCUT2D eigenvalue weighted by atomic mass is 10.0. The SMILES string of the molecule is O=C(O)c1cnc2c(c1)C=CCc1ccccc1-2. The molecule has 0 spiro atoms. The molecule has 18 heavy (non-hydrogen) atoms. The maximum absolute atomic E-state index is 11.0. The monoisotopic (exact) mass is 237 g/mol. The van der Waals surface area contributed by atoms with Crippen LogP contribution in [-0.2, 0) is 6.42 Å². The Kier molecular flexibility index (Phi) is 2.45. The molecule has 0 bridgehead atoms. The molecule has 3 rings (SSSR count). The van der Waals surface area contributed by atoms with E-state index in [1.54, 1.807) is 6.07 Å². The number of hydrogen-bond acceptors (Lipinski definition) is 2. The van der Waals surface area contributed by atoms with Gasteiger partial charge in [-0.3, -0.25) is 4.98 Å². The first-order valence-electron chi connectivity index (χ1n) is 5.74. The highest BCUT2D eigenvalue weighted by Gasteiger charge is 2.14. The number of rotatable bonds is 1. The van der Waals surface area contributed by atoms with Gasteiger partial charge in [0.15, 0.2) is 0 Å². The van der Waals surface area contributed by atoms with Crippen molar-refractivity contribution in [2.45, 2.75) is 6.42 Å². The normalized spacial score (nSPS) is 12.4. The minimum atomic E-state index is -0.948. The van der Waals surface area contributed by atoms with Crippen molar-refractivity contribution >= 4 is 12.0 Å². The third kappa shape index (κ3) is 1.70. The van der Waals surface area contributed by atoms with E-state index in [1.165, 1.54) is 11.8 Å². The van der Waals surface area contributed by atoms with E-state index in [1.807, 2.05) is 30.4 Å². The van der Waals surface area contributed by atoms with Crippen LogP contribution in [0.2, 0.25) is 0 Å². The molecule has 0 unspecified atom stereocenters. The molecular formula is C15H11NO2.